The highest BCUT2D eigenvalue weighted by molar-refractivity contribution is 9.10. The van der Waals surface area contributed by atoms with E-state index in [-0.39, 0.29) is 12.3 Å². The summed E-state index contributed by atoms with van der Waals surface area (Å²) >= 11 is 3.41. The van der Waals surface area contributed by atoms with E-state index in [9.17, 15) is 4.79 Å². The maximum absolute atomic E-state index is 12.6. The molecule has 0 radical (unpaired) electrons. The molecule has 1 N–H and O–H groups in total. The van der Waals surface area contributed by atoms with Gasteiger partial charge >= 0.3 is 0 Å². The highest BCUT2D eigenvalue weighted by Crippen LogP contribution is 2.28. The standard InChI is InChI=1S/C23H21BrN4O2/c1-14-11-20(26-23-18(14)5-4-6-19(23)30-3)28-21(12-15(2)27-28)25-22(29)13-16-7-9-17(24)10-8-16/h4-12H,13H2,1-3H3,(H,25,29). The predicted molar refractivity (Wildman–Crippen MR) is 121 cm³/mol. The van der Waals surface area contributed by atoms with E-state index in [4.69, 9.17) is 9.72 Å². The van der Waals surface area contributed by atoms with Crippen LogP contribution in [0.5, 0.6) is 5.75 Å². The molecule has 0 aliphatic rings. The molecule has 6 nitrogen and oxygen atoms in total. The molecule has 152 valence electrons. The summed E-state index contributed by atoms with van der Waals surface area (Å²) < 4.78 is 8.12. The minimum atomic E-state index is -0.117. The zero-order chi connectivity index (χ0) is 21.3. The largest absolute Gasteiger partial charge is 0.494 e. The Morgan fingerprint density at radius 1 is 1.13 bits per heavy atom. The van der Waals surface area contributed by atoms with Crippen molar-refractivity contribution in [3.63, 3.8) is 0 Å². The Kier molecular flexibility index (Phi) is 5.55. The van der Waals surface area contributed by atoms with Gasteiger partial charge in [-0.3, -0.25) is 4.79 Å². The minimum Gasteiger partial charge on any atom is -0.494 e. The van der Waals surface area contributed by atoms with Gasteiger partial charge in [-0.2, -0.15) is 9.78 Å². The molecular formula is C23H21BrN4O2. The first-order chi connectivity index (χ1) is 14.4. The number of halogens is 1. The molecule has 0 aliphatic carbocycles. The third-order valence-electron chi connectivity index (χ3n) is 4.81. The van der Waals surface area contributed by atoms with Crippen LogP contribution in [0.1, 0.15) is 16.8 Å². The van der Waals surface area contributed by atoms with Crippen molar-refractivity contribution in [2.75, 3.05) is 12.4 Å². The molecule has 0 aliphatic heterocycles. The van der Waals surface area contributed by atoms with Crippen molar-refractivity contribution < 1.29 is 9.53 Å². The minimum absolute atomic E-state index is 0.117. The van der Waals surface area contributed by atoms with E-state index in [1.165, 1.54) is 0 Å². The molecule has 0 fully saturated rings. The Labute approximate surface area is 183 Å². The molecule has 30 heavy (non-hydrogen) atoms. The van der Waals surface area contributed by atoms with Gasteiger partial charge in [-0.25, -0.2) is 4.98 Å². The lowest BCUT2D eigenvalue weighted by Gasteiger charge is -2.12. The maximum Gasteiger partial charge on any atom is 0.229 e. The normalized spacial score (nSPS) is 10.9. The third-order valence-corrected chi connectivity index (χ3v) is 5.34. The van der Waals surface area contributed by atoms with E-state index in [0.717, 1.165) is 32.2 Å². The fourth-order valence-corrected chi connectivity index (χ4v) is 3.65. The molecular weight excluding hydrogens is 444 g/mol. The first-order valence-electron chi connectivity index (χ1n) is 9.50. The number of para-hydroxylation sites is 1. The van der Waals surface area contributed by atoms with Crippen LogP contribution in [0.4, 0.5) is 5.82 Å². The Morgan fingerprint density at radius 2 is 1.90 bits per heavy atom. The van der Waals surface area contributed by atoms with E-state index in [0.29, 0.717) is 17.4 Å². The molecule has 0 saturated carbocycles. The molecule has 2 aromatic carbocycles. The highest BCUT2D eigenvalue weighted by Gasteiger charge is 2.15. The van der Waals surface area contributed by atoms with E-state index >= 15 is 0 Å². The van der Waals surface area contributed by atoms with Crippen LogP contribution in [-0.4, -0.2) is 27.8 Å². The van der Waals surface area contributed by atoms with Gasteiger partial charge < -0.3 is 10.1 Å². The van der Waals surface area contributed by atoms with Crippen LogP contribution in [0.2, 0.25) is 0 Å². The van der Waals surface area contributed by atoms with Crippen LogP contribution in [-0.2, 0) is 11.2 Å². The number of pyridine rings is 1. The van der Waals surface area contributed by atoms with Gasteiger partial charge in [0, 0.05) is 15.9 Å². The Balaban J connectivity index is 1.68. The number of amides is 1. The zero-order valence-electron chi connectivity index (χ0n) is 16.9. The van der Waals surface area contributed by atoms with Crippen molar-refractivity contribution in [3.05, 3.63) is 75.9 Å². The predicted octanol–water partition coefficient (Wildman–Crippen LogP) is 4.99. The second kappa shape index (κ2) is 8.28. The highest BCUT2D eigenvalue weighted by atomic mass is 79.9. The summed E-state index contributed by atoms with van der Waals surface area (Å²) in [5.41, 5.74) is 3.53. The molecule has 0 bridgehead atoms. The van der Waals surface area contributed by atoms with E-state index < -0.39 is 0 Å². The molecule has 4 rings (SSSR count). The number of carbonyl (C=O) groups excluding carboxylic acids is 1. The molecule has 2 aromatic heterocycles. The quantitative estimate of drug-likeness (QED) is 0.451. The lowest BCUT2D eigenvalue weighted by atomic mass is 10.1. The van der Waals surface area contributed by atoms with E-state index in [1.54, 1.807) is 11.8 Å². The topological polar surface area (TPSA) is 69.0 Å². The number of nitrogens with one attached hydrogen (secondary N) is 1. The number of aryl methyl sites for hydroxylation is 2. The number of benzene rings is 2. The van der Waals surface area contributed by atoms with Gasteiger partial charge in [0.1, 0.15) is 17.1 Å². The molecule has 0 saturated heterocycles. The van der Waals surface area contributed by atoms with E-state index in [2.05, 4.69) is 26.3 Å². The number of methoxy groups -OCH3 is 1. The monoisotopic (exact) mass is 464 g/mol. The summed E-state index contributed by atoms with van der Waals surface area (Å²) in [7, 11) is 1.63. The fraction of sp³-hybridized carbons (Fsp3) is 0.174. The third kappa shape index (κ3) is 4.07. The zero-order valence-corrected chi connectivity index (χ0v) is 18.5. The van der Waals surface area contributed by atoms with Gasteiger partial charge in [0.05, 0.1) is 19.2 Å². The fourth-order valence-electron chi connectivity index (χ4n) is 3.39. The number of anilines is 1. The van der Waals surface area contributed by atoms with Gasteiger partial charge in [0.15, 0.2) is 5.82 Å². The van der Waals surface area contributed by atoms with Crippen LogP contribution >= 0.6 is 15.9 Å². The number of fused-ring (bicyclic) bond motifs is 1. The maximum atomic E-state index is 12.6. The number of aromatic nitrogens is 3. The van der Waals surface area contributed by atoms with Crippen LogP contribution in [0.15, 0.2) is 59.1 Å². The van der Waals surface area contributed by atoms with Gasteiger partial charge in [0.2, 0.25) is 5.91 Å². The van der Waals surface area contributed by atoms with Gasteiger partial charge in [0.25, 0.3) is 0 Å². The average Bonchev–Trinajstić information content (AvgIpc) is 3.09. The summed E-state index contributed by atoms with van der Waals surface area (Å²) in [6.07, 6.45) is 0.273. The first kappa shape index (κ1) is 20.1. The summed E-state index contributed by atoms with van der Waals surface area (Å²) in [5.74, 6) is 1.78. The molecule has 0 atom stereocenters. The summed E-state index contributed by atoms with van der Waals surface area (Å²) in [5, 5.41) is 8.53. The molecule has 0 spiro atoms. The first-order valence-corrected chi connectivity index (χ1v) is 10.3. The second-order valence-corrected chi connectivity index (χ2v) is 8.00. The summed E-state index contributed by atoms with van der Waals surface area (Å²) in [6.45, 7) is 3.91. The summed E-state index contributed by atoms with van der Waals surface area (Å²) in [4.78, 5) is 17.4. The van der Waals surface area contributed by atoms with Crippen molar-refractivity contribution in [1.82, 2.24) is 14.8 Å². The molecule has 4 aromatic rings. The van der Waals surface area contributed by atoms with Gasteiger partial charge in [-0.05, 0) is 49.2 Å². The van der Waals surface area contributed by atoms with Crippen LogP contribution < -0.4 is 10.1 Å². The SMILES string of the molecule is COc1cccc2c(C)cc(-n3nc(C)cc3NC(=O)Cc3ccc(Br)cc3)nc12. The van der Waals surface area contributed by atoms with Gasteiger partial charge in [-0.15, -0.1) is 0 Å². The van der Waals surface area contributed by atoms with E-state index in [1.807, 2.05) is 68.4 Å². The Bertz CT molecular complexity index is 1230. The van der Waals surface area contributed by atoms with Crippen molar-refractivity contribution >= 4 is 38.6 Å². The van der Waals surface area contributed by atoms with Crippen LogP contribution in [0.3, 0.4) is 0 Å². The Hall–Kier alpha value is -3.19. The Morgan fingerprint density at radius 3 is 2.63 bits per heavy atom. The number of ether oxygens (including phenoxy) is 1. The van der Waals surface area contributed by atoms with Gasteiger partial charge in [-0.1, -0.05) is 40.2 Å². The molecule has 2 heterocycles. The summed E-state index contributed by atoms with van der Waals surface area (Å²) in [6, 6.07) is 17.3. The molecule has 0 unspecified atom stereocenters. The number of carbonyl (C=O) groups is 1. The smallest absolute Gasteiger partial charge is 0.229 e. The number of rotatable bonds is 5. The van der Waals surface area contributed by atoms with Crippen molar-refractivity contribution in [1.29, 1.82) is 0 Å². The lowest BCUT2D eigenvalue weighted by Crippen LogP contribution is -2.17. The van der Waals surface area contributed by atoms with Crippen molar-refractivity contribution in [2.24, 2.45) is 0 Å². The second-order valence-electron chi connectivity index (χ2n) is 7.09. The molecule has 1 amide bonds. The van der Waals surface area contributed by atoms with Crippen LogP contribution in [0, 0.1) is 13.8 Å². The molecule has 7 heteroatoms. The van der Waals surface area contributed by atoms with Crippen molar-refractivity contribution in [3.8, 4) is 11.6 Å². The number of nitrogens with zero attached hydrogens (tertiary/aromatic N) is 3. The number of hydrogen-bond donors (Lipinski definition) is 1. The lowest BCUT2D eigenvalue weighted by molar-refractivity contribution is -0.115. The average molecular weight is 465 g/mol. The van der Waals surface area contributed by atoms with Crippen LogP contribution in [0.25, 0.3) is 16.7 Å². The number of hydrogen-bond acceptors (Lipinski definition) is 4. The van der Waals surface area contributed by atoms with Crippen molar-refractivity contribution in [2.45, 2.75) is 20.3 Å².